The minimum absolute atomic E-state index is 0.00721. The molecule has 1 atom stereocenters. The summed E-state index contributed by atoms with van der Waals surface area (Å²) in [7, 11) is 28.3. The molecule has 1 aromatic carbocycles. The highest BCUT2D eigenvalue weighted by Crippen LogP contribution is 2.41. The first-order chi connectivity index (χ1) is 17.4. The SMILES string of the molecule is [B]C([B])([B])C([B])([B])OCc1cnc(Cl)nc1Oc1ccc2c(ccc3sc4c(c32)NC[C@@H](C)NC4=O)n1. The van der Waals surface area contributed by atoms with Crippen molar-refractivity contribution in [3.63, 3.8) is 0 Å². The summed E-state index contributed by atoms with van der Waals surface area (Å²) in [6.45, 7) is 2.33. The molecule has 3 aromatic heterocycles. The van der Waals surface area contributed by atoms with Crippen molar-refractivity contribution >= 4 is 94.8 Å². The number of nitrogens with one attached hydrogen (secondary N) is 2. The Morgan fingerprint density at radius 1 is 1.16 bits per heavy atom. The molecule has 10 radical (unpaired) electrons. The van der Waals surface area contributed by atoms with Crippen molar-refractivity contribution in [2.24, 2.45) is 0 Å². The van der Waals surface area contributed by atoms with Gasteiger partial charge in [0.1, 0.15) is 4.88 Å². The Balaban J connectivity index is 1.48. The Morgan fingerprint density at radius 3 is 2.70 bits per heavy atom. The lowest BCUT2D eigenvalue weighted by atomic mass is 9.28. The first kappa shape index (κ1) is 25.9. The standard InChI is InChI=1S/C22H15B5ClN5O3S/c1-9-6-29-16-15-11-2-5-14(32-12(11)3-4-13(15)37-17(16)18(34)31-9)36-19-10(7-30-20(28)33-19)8-35-22(26,27)21(23,24)25/h2-5,7,9,29H,6,8H2,1H3,(H,31,34)/t9-/m1/s1. The molecule has 37 heavy (non-hydrogen) atoms. The van der Waals surface area contributed by atoms with Crippen molar-refractivity contribution in [2.45, 2.75) is 30.1 Å². The number of ether oxygens (including phenoxy) is 2. The van der Waals surface area contributed by atoms with Crippen molar-refractivity contribution in [2.75, 3.05) is 11.9 Å². The van der Waals surface area contributed by atoms with Gasteiger partial charge in [-0.2, -0.15) is 4.98 Å². The number of carbonyl (C=O) groups is 1. The van der Waals surface area contributed by atoms with E-state index in [1.807, 2.05) is 25.1 Å². The summed E-state index contributed by atoms with van der Waals surface area (Å²) in [5.74, 6) is 0.207. The highest BCUT2D eigenvalue weighted by Gasteiger charge is 2.31. The van der Waals surface area contributed by atoms with Gasteiger partial charge in [0.25, 0.3) is 5.91 Å². The number of thiophene rings is 1. The van der Waals surface area contributed by atoms with Gasteiger partial charge in [-0.05, 0) is 42.1 Å². The van der Waals surface area contributed by atoms with E-state index in [0.717, 1.165) is 21.2 Å². The summed E-state index contributed by atoms with van der Waals surface area (Å²) < 4.78 is 12.3. The third-order valence-corrected chi connectivity index (χ3v) is 7.14. The molecular weight excluding hydrogens is 504 g/mol. The van der Waals surface area contributed by atoms with E-state index >= 15 is 0 Å². The van der Waals surface area contributed by atoms with Gasteiger partial charge in [0.15, 0.2) is 0 Å². The Kier molecular flexibility index (Phi) is 6.71. The molecule has 1 aliphatic rings. The fourth-order valence-electron chi connectivity index (χ4n) is 3.74. The number of benzene rings is 1. The van der Waals surface area contributed by atoms with Gasteiger partial charge in [0.2, 0.25) is 17.0 Å². The summed E-state index contributed by atoms with van der Waals surface area (Å²) in [6.07, 6.45) is 1.38. The highest BCUT2D eigenvalue weighted by atomic mass is 35.5. The molecule has 1 aliphatic heterocycles. The molecule has 0 saturated carbocycles. The quantitative estimate of drug-likeness (QED) is 0.298. The maximum absolute atomic E-state index is 12.7. The Bertz CT molecular complexity index is 1530. The van der Waals surface area contributed by atoms with Gasteiger partial charge in [-0.15, -0.1) is 16.4 Å². The molecule has 0 fully saturated rings. The van der Waals surface area contributed by atoms with Crippen molar-refractivity contribution in [1.29, 1.82) is 0 Å². The van der Waals surface area contributed by atoms with Crippen LogP contribution >= 0.6 is 22.9 Å². The highest BCUT2D eigenvalue weighted by molar-refractivity contribution is 7.21. The second-order valence-electron chi connectivity index (χ2n) is 8.80. The Labute approximate surface area is 228 Å². The van der Waals surface area contributed by atoms with E-state index in [4.69, 9.17) is 60.3 Å². The average molecular weight is 519 g/mol. The summed E-state index contributed by atoms with van der Waals surface area (Å²) in [4.78, 5) is 26.0. The van der Waals surface area contributed by atoms with Crippen LogP contribution in [0.25, 0.3) is 21.0 Å². The molecule has 5 rings (SSSR count). The zero-order chi connectivity index (χ0) is 26.5. The number of hydrogen-bond acceptors (Lipinski definition) is 8. The monoisotopic (exact) mass is 519 g/mol. The van der Waals surface area contributed by atoms with E-state index in [1.54, 1.807) is 6.07 Å². The normalized spacial score (nSPS) is 16.2. The van der Waals surface area contributed by atoms with Crippen LogP contribution in [-0.4, -0.2) is 78.1 Å². The number of carbonyl (C=O) groups excluding carboxylic acids is 1. The van der Waals surface area contributed by atoms with Crippen LogP contribution in [0.2, 0.25) is 10.4 Å². The van der Waals surface area contributed by atoms with Crippen LogP contribution in [0.3, 0.4) is 0 Å². The molecule has 15 heteroatoms. The van der Waals surface area contributed by atoms with Crippen LogP contribution in [0.1, 0.15) is 22.2 Å². The molecule has 8 nitrogen and oxygen atoms in total. The van der Waals surface area contributed by atoms with Gasteiger partial charge in [-0.1, -0.05) is 0 Å². The largest absolute Gasteiger partial charge is 0.420 e. The van der Waals surface area contributed by atoms with Crippen molar-refractivity contribution < 1.29 is 14.3 Å². The third kappa shape index (κ3) is 5.06. The Morgan fingerprint density at radius 2 is 1.95 bits per heavy atom. The van der Waals surface area contributed by atoms with E-state index in [9.17, 15) is 4.79 Å². The van der Waals surface area contributed by atoms with Gasteiger partial charge in [-0.3, -0.25) is 4.79 Å². The zero-order valence-corrected chi connectivity index (χ0v) is 21.2. The van der Waals surface area contributed by atoms with Gasteiger partial charge in [-0.25, -0.2) is 9.97 Å². The van der Waals surface area contributed by atoms with Crippen LogP contribution in [-0.2, 0) is 11.3 Å². The number of fused-ring (bicyclic) bond motifs is 5. The average Bonchev–Trinajstić information content (AvgIpc) is 3.14. The van der Waals surface area contributed by atoms with E-state index in [2.05, 4.69) is 25.6 Å². The predicted molar refractivity (Wildman–Crippen MR) is 149 cm³/mol. The maximum Gasteiger partial charge on any atom is 0.263 e. The second-order valence-corrected chi connectivity index (χ2v) is 10.2. The topological polar surface area (TPSA) is 98.3 Å². The van der Waals surface area contributed by atoms with E-state index < -0.39 is 10.5 Å². The van der Waals surface area contributed by atoms with E-state index in [0.29, 0.717) is 22.5 Å². The summed E-state index contributed by atoms with van der Waals surface area (Å²) in [6, 6.07) is 7.35. The van der Waals surface area contributed by atoms with Crippen molar-refractivity contribution in [3.8, 4) is 11.8 Å². The number of amides is 1. The minimum Gasteiger partial charge on any atom is -0.420 e. The Hall–Kier alpha value is -2.69. The van der Waals surface area contributed by atoms with E-state index in [1.165, 1.54) is 17.5 Å². The molecular formula is C22H15B5ClN5O3S. The first-order valence-electron chi connectivity index (χ1n) is 11.1. The van der Waals surface area contributed by atoms with Crippen LogP contribution < -0.4 is 15.4 Å². The number of anilines is 1. The van der Waals surface area contributed by atoms with Crippen LogP contribution in [0.5, 0.6) is 11.8 Å². The minimum atomic E-state index is -2.06. The molecule has 174 valence electrons. The lowest BCUT2D eigenvalue weighted by molar-refractivity contribution is 0.0628. The zero-order valence-electron chi connectivity index (χ0n) is 19.6. The number of halogens is 1. The van der Waals surface area contributed by atoms with Crippen LogP contribution in [0, 0.1) is 0 Å². The molecule has 0 spiro atoms. The lowest BCUT2D eigenvalue weighted by Gasteiger charge is -2.41. The molecule has 4 heterocycles. The van der Waals surface area contributed by atoms with Gasteiger partial charge in [0, 0.05) is 40.3 Å². The summed E-state index contributed by atoms with van der Waals surface area (Å²) in [5.41, 5.74) is 1.80. The number of nitrogens with zero attached hydrogens (tertiary/aromatic N) is 3. The maximum atomic E-state index is 12.7. The van der Waals surface area contributed by atoms with E-state index in [-0.39, 0.29) is 35.6 Å². The smallest absolute Gasteiger partial charge is 0.263 e. The summed E-state index contributed by atoms with van der Waals surface area (Å²) in [5, 5.41) is 4.05. The molecule has 0 unspecified atom stereocenters. The molecule has 1 amide bonds. The van der Waals surface area contributed by atoms with Gasteiger partial charge >= 0.3 is 0 Å². The van der Waals surface area contributed by atoms with Gasteiger partial charge < -0.3 is 20.1 Å². The van der Waals surface area contributed by atoms with Crippen molar-refractivity contribution in [3.05, 3.63) is 46.2 Å². The number of rotatable bonds is 6. The lowest BCUT2D eigenvalue weighted by Crippen LogP contribution is -2.48. The van der Waals surface area contributed by atoms with Crippen LogP contribution in [0.15, 0.2) is 30.5 Å². The molecule has 0 aliphatic carbocycles. The fraction of sp³-hybridized carbons (Fsp3) is 0.273. The van der Waals surface area contributed by atoms with Crippen molar-refractivity contribution in [1.82, 2.24) is 20.3 Å². The molecule has 0 saturated heterocycles. The first-order valence-corrected chi connectivity index (χ1v) is 12.3. The number of hydrogen-bond donors (Lipinski definition) is 2. The molecule has 4 aromatic rings. The fourth-order valence-corrected chi connectivity index (χ4v) is 4.97. The number of pyridine rings is 1. The van der Waals surface area contributed by atoms with Crippen LogP contribution in [0.4, 0.5) is 5.69 Å². The van der Waals surface area contributed by atoms with Gasteiger partial charge in [0.05, 0.1) is 62.6 Å². The number of aromatic nitrogens is 3. The predicted octanol–water partition coefficient (Wildman–Crippen LogP) is 2.32. The molecule has 2 N–H and O–H groups in total. The summed E-state index contributed by atoms with van der Waals surface area (Å²) >= 11 is 7.42. The third-order valence-electron chi connectivity index (χ3n) is 5.81. The second kappa shape index (κ2) is 9.56. The molecule has 0 bridgehead atoms.